The van der Waals surface area contributed by atoms with Gasteiger partial charge in [-0.05, 0) is 64.8 Å². The molecule has 0 saturated carbocycles. The molecule has 0 amide bonds. The Hall–Kier alpha value is -2.82. The lowest BCUT2D eigenvalue weighted by Gasteiger charge is -2.18. The smallest absolute Gasteiger partial charge is 0.258 e. The summed E-state index contributed by atoms with van der Waals surface area (Å²) in [5, 5.41) is 8.15. The van der Waals surface area contributed by atoms with Gasteiger partial charge in [-0.3, -0.25) is 8.61 Å². The zero-order valence-corrected chi connectivity index (χ0v) is 28.7. The molecule has 2 heterocycles. The molecule has 2 unspecified atom stereocenters. The van der Waals surface area contributed by atoms with Gasteiger partial charge in [-0.25, -0.2) is 8.42 Å². The SMILES string of the molecule is CC1=NN(S(=O)(=O)c2ccc(C)cc2)S(=O)N1CCCCCCCCCCN1C(C)=NN(S(=O)(=O)c2ccc(C)cc2)S1=O. The van der Waals surface area contributed by atoms with Crippen LogP contribution in [0.2, 0.25) is 0 Å². The van der Waals surface area contributed by atoms with E-state index in [1.165, 1.54) is 32.9 Å². The summed E-state index contributed by atoms with van der Waals surface area (Å²) in [6, 6.07) is 12.8. The maximum atomic E-state index is 13.0. The minimum atomic E-state index is -4.01. The third-order valence-corrected chi connectivity index (χ3v) is 14.3. The van der Waals surface area contributed by atoms with E-state index in [-0.39, 0.29) is 9.79 Å². The van der Waals surface area contributed by atoms with Crippen molar-refractivity contribution in [3.63, 3.8) is 0 Å². The molecular weight excluding hydrogens is 645 g/mol. The summed E-state index contributed by atoms with van der Waals surface area (Å²) < 4.78 is 82.1. The predicted octanol–water partition coefficient (Wildman–Crippen LogP) is 4.56. The van der Waals surface area contributed by atoms with Crippen LogP contribution < -0.4 is 0 Å². The molecule has 2 atom stereocenters. The Balaban J connectivity index is 1.11. The average Bonchev–Trinajstić information content (AvgIpc) is 3.44. The zero-order chi connectivity index (χ0) is 32.1. The summed E-state index contributed by atoms with van der Waals surface area (Å²) in [4.78, 5) is 0.111. The molecule has 0 aliphatic carbocycles. The number of aryl methyl sites for hydroxylation is 2. The third kappa shape index (κ3) is 7.69. The van der Waals surface area contributed by atoms with Crippen LogP contribution >= 0.6 is 0 Å². The van der Waals surface area contributed by atoms with E-state index in [0.29, 0.717) is 32.4 Å². The lowest BCUT2D eigenvalue weighted by molar-refractivity contribution is 0.507. The van der Waals surface area contributed by atoms with Crippen LogP contribution in [0.25, 0.3) is 0 Å². The predicted molar refractivity (Wildman–Crippen MR) is 173 cm³/mol. The number of nitrogens with zero attached hydrogens (tertiary/aromatic N) is 6. The van der Waals surface area contributed by atoms with Gasteiger partial charge in [0.25, 0.3) is 42.4 Å². The van der Waals surface area contributed by atoms with E-state index in [2.05, 4.69) is 10.2 Å². The number of hydrogen-bond acceptors (Lipinski definition) is 8. The second-order valence-corrected chi connectivity index (χ2v) is 17.3. The highest BCUT2D eigenvalue weighted by Gasteiger charge is 2.39. The van der Waals surface area contributed by atoms with E-state index >= 15 is 0 Å². The molecule has 0 N–H and O–H groups in total. The second-order valence-electron chi connectivity index (χ2n) is 10.8. The molecular formula is C28H40N6O6S4. The molecule has 2 aromatic rings. The van der Waals surface area contributed by atoms with Crippen LogP contribution in [0.4, 0.5) is 0 Å². The number of hydrazone groups is 2. The van der Waals surface area contributed by atoms with Crippen molar-refractivity contribution in [3.8, 4) is 0 Å². The van der Waals surface area contributed by atoms with E-state index in [4.69, 9.17) is 0 Å². The normalized spacial score (nSPS) is 19.1. The Bertz CT molecular complexity index is 1520. The highest BCUT2D eigenvalue weighted by molar-refractivity contribution is 8.01. The summed E-state index contributed by atoms with van der Waals surface area (Å²) in [5.74, 6) is 0.822. The number of rotatable bonds is 15. The fraction of sp³-hybridized carbons (Fsp3) is 0.500. The maximum absolute atomic E-state index is 13.0. The molecule has 2 aromatic carbocycles. The molecule has 2 aliphatic rings. The molecule has 0 bridgehead atoms. The highest BCUT2D eigenvalue weighted by Crippen LogP contribution is 2.27. The van der Waals surface area contributed by atoms with Gasteiger partial charge in [-0.1, -0.05) is 81.6 Å². The summed E-state index contributed by atoms with van der Waals surface area (Å²) in [6.07, 6.45) is 7.41. The van der Waals surface area contributed by atoms with Gasteiger partial charge < -0.3 is 0 Å². The molecule has 0 saturated heterocycles. The summed E-state index contributed by atoms with van der Waals surface area (Å²) in [5.41, 5.74) is 1.86. The van der Waals surface area contributed by atoms with Crippen LogP contribution in [0.5, 0.6) is 0 Å². The van der Waals surface area contributed by atoms with Crippen molar-refractivity contribution in [2.45, 2.75) is 88.9 Å². The number of hydrogen-bond donors (Lipinski definition) is 0. The molecule has 2 aliphatic heterocycles. The monoisotopic (exact) mass is 684 g/mol. The van der Waals surface area contributed by atoms with Crippen molar-refractivity contribution in [1.29, 1.82) is 0 Å². The zero-order valence-electron chi connectivity index (χ0n) is 25.5. The van der Waals surface area contributed by atoms with Gasteiger partial charge in [0.1, 0.15) is 11.7 Å². The lowest BCUT2D eigenvalue weighted by Crippen LogP contribution is -2.34. The quantitative estimate of drug-likeness (QED) is 0.252. The third-order valence-electron chi connectivity index (χ3n) is 7.34. The molecule has 0 aromatic heterocycles. The molecule has 4 rings (SSSR count). The Morgan fingerprint density at radius 1 is 0.523 bits per heavy atom. The van der Waals surface area contributed by atoms with E-state index < -0.39 is 42.4 Å². The van der Waals surface area contributed by atoms with Crippen LogP contribution in [-0.2, 0) is 42.4 Å². The number of sulfonamides is 2. The lowest BCUT2D eigenvalue weighted by atomic mass is 10.1. The largest absolute Gasteiger partial charge is 0.292 e. The van der Waals surface area contributed by atoms with Gasteiger partial charge in [0.05, 0.1) is 9.79 Å². The van der Waals surface area contributed by atoms with Crippen molar-refractivity contribution in [2.24, 2.45) is 10.2 Å². The molecule has 16 heteroatoms. The molecule has 44 heavy (non-hydrogen) atoms. The fourth-order valence-corrected chi connectivity index (χ4v) is 10.7. The van der Waals surface area contributed by atoms with Crippen LogP contribution in [0.3, 0.4) is 0 Å². The summed E-state index contributed by atoms with van der Waals surface area (Å²) >= 11 is -3.87. The van der Waals surface area contributed by atoms with Crippen molar-refractivity contribution in [3.05, 3.63) is 59.7 Å². The van der Waals surface area contributed by atoms with Crippen LogP contribution in [-0.4, -0.2) is 66.3 Å². The first kappa shape index (κ1) is 34.1. The van der Waals surface area contributed by atoms with Gasteiger partial charge in [-0.15, -0.1) is 10.2 Å². The van der Waals surface area contributed by atoms with Gasteiger partial charge >= 0.3 is 0 Å². The Labute approximate surface area is 266 Å². The Morgan fingerprint density at radius 3 is 1.14 bits per heavy atom. The molecule has 0 fully saturated rings. The first-order valence-electron chi connectivity index (χ1n) is 14.6. The van der Waals surface area contributed by atoms with Gasteiger partial charge in [0, 0.05) is 13.1 Å². The summed E-state index contributed by atoms with van der Waals surface area (Å²) in [6.45, 7) is 7.95. The molecule has 0 spiro atoms. The topological polar surface area (TPSA) is 140 Å². The van der Waals surface area contributed by atoms with Gasteiger partial charge in [0.15, 0.2) is 0 Å². The Kier molecular flexibility index (Phi) is 11.2. The van der Waals surface area contributed by atoms with Crippen molar-refractivity contribution in [2.75, 3.05) is 13.1 Å². The van der Waals surface area contributed by atoms with Crippen molar-refractivity contribution >= 4 is 54.1 Å². The van der Waals surface area contributed by atoms with Crippen molar-refractivity contribution < 1.29 is 25.3 Å². The molecule has 0 radical (unpaired) electrons. The second kappa shape index (κ2) is 14.5. The molecule has 12 nitrogen and oxygen atoms in total. The molecule has 242 valence electrons. The van der Waals surface area contributed by atoms with Crippen LogP contribution in [0, 0.1) is 13.8 Å². The van der Waals surface area contributed by atoms with Crippen molar-refractivity contribution in [1.82, 2.24) is 16.2 Å². The van der Waals surface area contributed by atoms with Crippen LogP contribution in [0.1, 0.15) is 76.3 Å². The first-order chi connectivity index (χ1) is 20.8. The maximum Gasteiger partial charge on any atom is 0.292 e. The first-order valence-corrected chi connectivity index (χ1v) is 19.6. The number of benzene rings is 2. The minimum absolute atomic E-state index is 0.0554. The average molecular weight is 685 g/mol. The van der Waals surface area contributed by atoms with Gasteiger partial charge in [0.2, 0.25) is 0 Å². The minimum Gasteiger partial charge on any atom is -0.258 e. The van der Waals surface area contributed by atoms with Gasteiger partial charge in [-0.2, -0.15) is 16.8 Å². The van der Waals surface area contributed by atoms with E-state index in [1.54, 1.807) is 38.1 Å². The van der Waals surface area contributed by atoms with E-state index in [0.717, 1.165) is 62.5 Å². The van der Waals surface area contributed by atoms with E-state index in [9.17, 15) is 25.3 Å². The number of unbranched alkanes of at least 4 members (excludes halogenated alkanes) is 7. The van der Waals surface area contributed by atoms with E-state index in [1.807, 2.05) is 13.8 Å². The number of amidine groups is 2. The standard InChI is InChI=1S/C28H40N6O6S4/c1-23-13-17-27(18-14-23)43(37,38)33-29-25(3)31(41(33)35)21-11-9-7-5-6-8-10-12-22-32-26(4)30-34(42(32)36)44(39,40)28-19-15-24(2)16-20-28/h13-20H,5-12,21-22H2,1-4H3. The highest BCUT2D eigenvalue weighted by atomic mass is 32.3. The fourth-order valence-electron chi connectivity index (χ4n) is 4.73. The summed E-state index contributed by atoms with van der Waals surface area (Å²) in [7, 11) is -8.01. The Morgan fingerprint density at radius 2 is 0.818 bits per heavy atom. The van der Waals surface area contributed by atoms with Crippen LogP contribution in [0.15, 0.2) is 68.5 Å².